The normalized spacial score (nSPS) is 13.9. The number of carbonyl (C=O) groups excluding carboxylic acids is 3. The van der Waals surface area contributed by atoms with Gasteiger partial charge in [-0.1, -0.05) is 12.1 Å². The molecule has 0 aliphatic heterocycles. The summed E-state index contributed by atoms with van der Waals surface area (Å²) in [6.45, 7) is 2.06. The quantitative estimate of drug-likeness (QED) is 0.0600. The van der Waals surface area contributed by atoms with Gasteiger partial charge in [-0.05, 0) is 63.3 Å². The van der Waals surface area contributed by atoms with Crippen LogP contribution in [0.1, 0.15) is 44.6 Å². The van der Waals surface area contributed by atoms with Crippen molar-refractivity contribution in [2.24, 2.45) is 27.9 Å². The van der Waals surface area contributed by atoms with E-state index in [4.69, 9.17) is 22.9 Å². The van der Waals surface area contributed by atoms with E-state index in [9.17, 15) is 29.4 Å². The van der Waals surface area contributed by atoms with Crippen molar-refractivity contribution in [2.75, 3.05) is 13.1 Å². The van der Waals surface area contributed by atoms with Crippen molar-refractivity contribution in [3.05, 3.63) is 29.8 Å². The average Bonchev–Trinajstić information content (AvgIpc) is 2.85. The number of guanidine groups is 1. The zero-order chi connectivity index (χ0) is 28.7. The summed E-state index contributed by atoms with van der Waals surface area (Å²) in [7, 11) is 0. The van der Waals surface area contributed by atoms with Gasteiger partial charge in [-0.3, -0.25) is 19.4 Å². The lowest BCUT2D eigenvalue weighted by Gasteiger charge is -2.25. The van der Waals surface area contributed by atoms with Gasteiger partial charge in [-0.2, -0.15) is 0 Å². The third-order valence-electron chi connectivity index (χ3n) is 5.56. The van der Waals surface area contributed by atoms with Crippen molar-refractivity contribution in [1.29, 1.82) is 0 Å². The van der Waals surface area contributed by atoms with Crippen LogP contribution in [0.4, 0.5) is 0 Å². The van der Waals surface area contributed by atoms with Crippen molar-refractivity contribution in [1.82, 2.24) is 16.0 Å². The monoisotopic (exact) mass is 536 g/mol. The van der Waals surface area contributed by atoms with Gasteiger partial charge in [0, 0.05) is 13.0 Å². The molecule has 1 rings (SSSR count). The van der Waals surface area contributed by atoms with Gasteiger partial charge < -0.3 is 49.1 Å². The molecule has 38 heavy (non-hydrogen) atoms. The van der Waals surface area contributed by atoms with Crippen molar-refractivity contribution in [2.45, 2.75) is 69.6 Å². The van der Waals surface area contributed by atoms with Crippen LogP contribution in [0.15, 0.2) is 29.3 Å². The summed E-state index contributed by atoms with van der Waals surface area (Å²) in [5.74, 6) is -3.27. The highest BCUT2D eigenvalue weighted by Gasteiger charge is 2.30. The van der Waals surface area contributed by atoms with Gasteiger partial charge in [-0.25, -0.2) is 4.79 Å². The maximum absolute atomic E-state index is 13.2. The topological polar surface area (TPSA) is 261 Å². The standard InChI is InChI=1S/C24H40N8O6/c1-14(26)20(34)30-17(6-4-12-29-24(27)28)21(35)32-19(13-15-7-9-16(33)10-8-15)22(36)31-18(23(37)38)5-2-3-11-25/h7-10,14,17-19,33H,2-6,11-13,25-26H2,1H3,(H,30,34)(H,31,36)(H,32,35)(H,37,38)(H4,27,28,29). The fraction of sp³-hybridized carbons (Fsp3) is 0.542. The van der Waals surface area contributed by atoms with E-state index in [1.807, 2.05) is 0 Å². The van der Waals surface area contributed by atoms with Gasteiger partial charge in [0.15, 0.2) is 5.96 Å². The number of phenolic OH excluding ortho intramolecular Hbond substituents is 1. The van der Waals surface area contributed by atoms with Crippen LogP contribution in [0, 0.1) is 0 Å². The molecule has 0 aliphatic carbocycles. The van der Waals surface area contributed by atoms with E-state index in [1.54, 1.807) is 12.1 Å². The van der Waals surface area contributed by atoms with Gasteiger partial charge in [0.05, 0.1) is 6.04 Å². The van der Waals surface area contributed by atoms with Gasteiger partial charge in [0.2, 0.25) is 17.7 Å². The number of hydrogen-bond donors (Lipinski definition) is 9. The Morgan fingerprint density at radius 3 is 1.97 bits per heavy atom. The summed E-state index contributed by atoms with van der Waals surface area (Å²) >= 11 is 0. The number of aliphatic carboxylic acids is 1. The Hall–Kier alpha value is -3.91. The first kappa shape index (κ1) is 32.1. The number of aliphatic imine (C=N–C) groups is 1. The molecular formula is C24H40N8O6. The number of phenols is 1. The fourth-order valence-corrected chi connectivity index (χ4v) is 3.45. The number of carboxylic acids is 1. The molecule has 0 fully saturated rings. The number of aromatic hydroxyl groups is 1. The van der Waals surface area contributed by atoms with Crippen LogP contribution in [-0.2, 0) is 25.6 Å². The van der Waals surface area contributed by atoms with Crippen LogP contribution in [-0.4, -0.2) is 77.1 Å². The van der Waals surface area contributed by atoms with Gasteiger partial charge in [0.25, 0.3) is 0 Å². The maximum atomic E-state index is 13.2. The number of amides is 3. The van der Waals surface area contributed by atoms with E-state index in [1.165, 1.54) is 19.1 Å². The zero-order valence-electron chi connectivity index (χ0n) is 21.6. The Balaban J connectivity index is 3.12. The highest BCUT2D eigenvalue weighted by molar-refractivity contribution is 5.94. The van der Waals surface area contributed by atoms with Crippen LogP contribution in [0.25, 0.3) is 0 Å². The van der Waals surface area contributed by atoms with Gasteiger partial charge >= 0.3 is 5.97 Å². The summed E-state index contributed by atoms with van der Waals surface area (Å²) in [6.07, 6.45) is 1.72. The number of carbonyl (C=O) groups is 4. The number of nitrogens with two attached hydrogens (primary N) is 4. The molecule has 14 nitrogen and oxygen atoms in total. The minimum atomic E-state index is -1.22. The molecule has 0 aromatic heterocycles. The van der Waals surface area contributed by atoms with E-state index in [-0.39, 0.29) is 37.5 Å². The first-order valence-corrected chi connectivity index (χ1v) is 12.4. The highest BCUT2D eigenvalue weighted by Crippen LogP contribution is 2.12. The minimum Gasteiger partial charge on any atom is -0.508 e. The minimum absolute atomic E-state index is 0.00501. The Kier molecular flexibility index (Phi) is 14.2. The molecule has 4 unspecified atom stereocenters. The first-order valence-electron chi connectivity index (χ1n) is 12.4. The van der Waals surface area contributed by atoms with Crippen molar-refractivity contribution in [3.8, 4) is 5.75 Å². The largest absolute Gasteiger partial charge is 0.508 e. The highest BCUT2D eigenvalue weighted by atomic mass is 16.4. The third kappa shape index (κ3) is 12.4. The second-order valence-electron chi connectivity index (χ2n) is 8.91. The molecule has 1 aromatic rings. The number of unbranched alkanes of at least 4 members (excludes halogenated alkanes) is 1. The van der Waals surface area contributed by atoms with E-state index in [0.29, 0.717) is 31.4 Å². The number of benzene rings is 1. The molecule has 3 amide bonds. The molecule has 1 aromatic carbocycles. The van der Waals surface area contributed by atoms with Crippen molar-refractivity contribution < 1.29 is 29.4 Å². The SMILES string of the molecule is CC(N)C(=O)NC(CCCN=C(N)N)C(=O)NC(Cc1ccc(O)cc1)C(=O)NC(CCCCN)C(=O)O. The Bertz CT molecular complexity index is 950. The lowest BCUT2D eigenvalue weighted by molar-refractivity contribution is -0.142. The fourth-order valence-electron chi connectivity index (χ4n) is 3.45. The summed E-state index contributed by atoms with van der Waals surface area (Å²) in [5.41, 5.74) is 22.4. The van der Waals surface area contributed by atoms with E-state index < -0.39 is 47.9 Å². The van der Waals surface area contributed by atoms with Crippen LogP contribution >= 0.6 is 0 Å². The summed E-state index contributed by atoms with van der Waals surface area (Å²) < 4.78 is 0. The first-order chi connectivity index (χ1) is 17.9. The predicted octanol–water partition coefficient (Wildman–Crippen LogP) is -2.00. The molecule has 13 N–H and O–H groups in total. The second-order valence-corrected chi connectivity index (χ2v) is 8.91. The molecule has 0 spiro atoms. The maximum Gasteiger partial charge on any atom is 0.326 e. The average molecular weight is 537 g/mol. The molecule has 0 heterocycles. The van der Waals surface area contributed by atoms with Crippen LogP contribution in [0.2, 0.25) is 0 Å². The van der Waals surface area contributed by atoms with Gasteiger partial charge in [0.1, 0.15) is 23.9 Å². The summed E-state index contributed by atoms with van der Waals surface area (Å²) in [4.78, 5) is 54.2. The third-order valence-corrected chi connectivity index (χ3v) is 5.56. The van der Waals surface area contributed by atoms with Crippen LogP contribution < -0.4 is 38.9 Å². The second kappa shape index (κ2) is 16.8. The number of hydrogen-bond acceptors (Lipinski definition) is 8. The van der Waals surface area contributed by atoms with Crippen LogP contribution in [0.3, 0.4) is 0 Å². The molecular weight excluding hydrogens is 496 g/mol. The zero-order valence-corrected chi connectivity index (χ0v) is 21.6. The number of nitrogens with one attached hydrogen (secondary N) is 3. The summed E-state index contributed by atoms with van der Waals surface area (Å²) in [6, 6.07) is 1.69. The lowest BCUT2D eigenvalue weighted by Crippen LogP contribution is -2.57. The number of rotatable bonds is 17. The van der Waals surface area contributed by atoms with E-state index >= 15 is 0 Å². The van der Waals surface area contributed by atoms with Gasteiger partial charge in [-0.15, -0.1) is 0 Å². The van der Waals surface area contributed by atoms with E-state index in [0.717, 1.165) is 0 Å². The number of carboxylic acid groups (broad SMARTS) is 1. The smallest absolute Gasteiger partial charge is 0.326 e. The molecule has 0 bridgehead atoms. The predicted molar refractivity (Wildman–Crippen MR) is 142 cm³/mol. The molecule has 0 saturated heterocycles. The number of nitrogens with zero attached hydrogens (tertiary/aromatic N) is 1. The molecule has 0 saturated carbocycles. The van der Waals surface area contributed by atoms with Crippen molar-refractivity contribution >= 4 is 29.7 Å². The van der Waals surface area contributed by atoms with Crippen LogP contribution in [0.5, 0.6) is 5.75 Å². The Labute approximate surface area is 221 Å². The van der Waals surface area contributed by atoms with Crippen molar-refractivity contribution in [3.63, 3.8) is 0 Å². The molecule has 14 heteroatoms. The lowest BCUT2D eigenvalue weighted by atomic mass is 10.0. The molecule has 0 radical (unpaired) electrons. The Morgan fingerprint density at radius 2 is 1.42 bits per heavy atom. The van der Waals surface area contributed by atoms with E-state index in [2.05, 4.69) is 20.9 Å². The molecule has 0 aliphatic rings. The molecule has 4 atom stereocenters. The Morgan fingerprint density at radius 1 is 0.868 bits per heavy atom. The molecule has 212 valence electrons. The summed E-state index contributed by atoms with van der Waals surface area (Å²) in [5, 5.41) is 26.8.